The second-order valence-electron chi connectivity index (χ2n) is 8.25. The Bertz CT molecular complexity index is 1460. The number of ether oxygens (including phenoxy) is 2. The van der Waals surface area contributed by atoms with Crippen LogP contribution >= 0.6 is 11.3 Å². The van der Waals surface area contributed by atoms with Crippen LogP contribution in [0.15, 0.2) is 84.9 Å². The molecule has 5 aromatic rings. The van der Waals surface area contributed by atoms with Gasteiger partial charge in [-0.2, -0.15) is 0 Å². The van der Waals surface area contributed by atoms with Crippen molar-refractivity contribution in [2.75, 3.05) is 12.4 Å². The number of para-hydroxylation sites is 1. The summed E-state index contributed by atoms with van der Waals surface area (Å²) in [6, 6.07) is 26.9. The molecule has 0 aliphatic carbocycles. The first kappa shape index (κ1) is 22.9. The number of aromatic nitrogens is 1. The van der Waals surface area contributed by atoms with Gasteiger partial charge in [-0.1, -0.05) is 36.4 Å². The van der Waals surface area contributed by atoms with Crippen molar-refractivity contribution in [3.8, 4) is 22.1 Å². The first-order valence-corrected chi connectivity index (χ1v) is 12.2. The lowest BCUT2D eigenvalue weighted by molar-refractivity contribution is 0.277. The number of thiazole rings is 1. The Kier molecular flexibility index (Phi) is 6.64. The number of hydrogen-bond acceptors (Lipinski definition) is 5. The number of nitrogens with zero attached hydrogens (tertiary/aromatic N) is 1. The molecule has 0 fully saturated rings. The zero-order valence-corrected chi connectivity index (χ0v) is 20.4. The average molecular weight is 485 g/mol. The molecule has 5 rings (SSSR count). The van der Waals surface area contributed by atoms with Gasteiger partial charge in [0.2, 0.25) is 0 Å². The highest BCUT2D eigenvalue weighted by atomic mass is 32.1. The maximum Gasteiger partial charge on any atom is 0.166 e. The first-order chi connectivity index (χ1) is 17.1. The minimum Gasteiger partial charge on any atom is -0.493 e. The van der Waals surface area contributed by atoms with Crippen molar-refractivity contribution in [3.05, 3.63) is 107 Å². The van der Waals surface area contributed by atoms with E-state index in [0.29, 0.717) is 23.6 Å². The molecule has 0 aliphatic rings. The van der Waals surface area contributed by atoms with Crippen molar-refractivity contribution in [1.29, 1.82) is 0 Å². The molecule has 4 aromatic carbocycles. The predicted octanol–water partition coefficient (Wildman–Crippen LogP) is 7.61. The van der Waals surface area contributed by atoms with E-state index in [0.717, 1.165) is 27.3 Å². The number of benzene rings is 4. The van der Waals surface area contributed by atoms with Crippen LogP contribution in [0.4, 0.5) is 10.1 Å². The van der Waals surface area contributed by atoms with Gasteiger partial charge in [0.05, 0.1) is 17.3 Å². The van der Waals surface area contributed by atoms with E-state index in [2.05, 4.69) is 42.6 Å². The summed E-state index contributed by atoms with van der Waals surface area (Å²) in [6.07, 6.45) is 0. The van der Waals surface area contributed by atoms with Crippen LogP contribution < -0.4 is 14.8 Å². The van der Waals surface area contributed by atoms with Crippen LogP contribution in [0.2, 0.25) is 0 Å². The smallest absolute Gasteiger partial charge is 0.166 e. The largest absolute Gasteiger partial charge is 0.493 e. The minimum absolute atomic E-state index is 0.121. The SMILES string of the molecule is COc1cccc(CNc2ccc(-c3nc4ccc(C)cc4s3)cc2)c1OCc1ccccc1F. The second kappa shape index (κ2) is 10.2. The fraction of sp³-hybridized carbons (Fsp3) is 0.138. The molecule has 6 heteroatoms. The third-order valence-corrected chi connectivity index (χ3v) is 6.84. The molecule has 0 saturated carbocycles. The van der Waals surface area contributed by atoms with E-state index in [9.17, 15) is 4.39 Å². The van der Waals surface area contributed by atoms with Crippen LogP contribution in [0.1, 0.15) is 16.7 Å². The third-order valence-electron chi connectivity index (χ3n) is 5.77. The molecule has 0 atom stereocenters. The Hall–Kier alpha value is -3.90. The molecule has 0 radical (unpaired) electrons. The zero-order valence-electron chi connectivity index (χ0n) is 19.5. The summed E-state index contributed by atoms with van der Waals surface area (Å²) in [6.45, 7) is 2.75. The molecule has 0 unspecified atom stereocenters. The van der Waals surface area contributed by atoms with Crippen LogP contribution in [0, 0.1) is 12.7 Å². The predicted molar refractivity (Wildman–Crippen MR) is 141 cm³/mol. The van der Waals surface area contributed by atoms with Crippen LogP contribution in [-0.2, 0) is 13.2 Å². The van der Waals surface area contributed by atoms with E-state index in [1.807, 2.05) is 30.3 Å². The number of fused-ring (bicyclic) bond motifs is 1. The molecular weight excluding hydrogens is 459 g/mol. The first-order valence-electron chi connectivity index (χ1n) is 11.3. The van der Waals surface area contributed by atoms with E-state index in [1.165, 1.54) is 16.3 Å². The van der Waals surface area contributed by atoms with Crippen molar-refractivity contribution in [1.82, 2.24) is 4.98 Å². The van der Waals surface area contributed by atoms with Crippen molar-refractivity contribution >= 4 is 27.2 Å². The Labute approximate surface area is 208 Å². The minimum atomic E-state index is -0.287. The highest BCUT2D eigenvalue weighted by molar-refractivity contribution is 7.21. The molecule has 176 valence electrons. The van der Waals surface area contributed by atoms with Crippen LogP contribution in [0.5, 0.6) is 11.5 Å². The Balaban J connectivity index is 1.30. The summed E-state index contributed by atoms with van der Waals surface area (Å²) in [5, 5.41) is 4.46. The normalized spacial score (nSPS) is 10.9. The van der Waals surface area contributed by atoms with Crippen molar-refractivity contribution in [3.63, 3.8) is 0 Å². The summed E-state index contributed by atoms with van der Waals surface area (Å²) in [7, 11) is 1.60. The van der Waals surface area contributed by atoms with Gasteiger partial charge in [0, 0.05) is 28.9 Å². The summed E-state index contributed by atoms with van der Waals surface area (Å²) in [5.41, 5.74) is 5.75. The van der Waals surface area contributed by atoms with E-state index in [4.69, 9.17) is 14.5 Å². The number of hydrogen-bond donors (Lipinski definition) is 1. The van der Waals surface area contributed by atoms with Gasteiger partial charge in [0.25, 0.3) is 0 Å². The Morgan fingerprint density at radius 2 is 1.71 bits per heavy atom. The van der Waals surface area contributed by atoms with Gasteiger partial charge < -0.3 is 14.8 Å². The Morgan fingerprint density at radius 1 is 0.914 bits per heavy atom. The van der Waals surface area contributed by atoms with Gasteiger partial charge in [-0.3, -0.25) is 0 Å². The average Bonchev–Trinajstić information content (AvgIpc) is 3.30. The standard InChI is InChI=1S/C29H25FN2O2S/c1-19-10-15-25-27(16-19)35-29(32-25)20-11-13-23(14-12-20)31-17-21-7-5-9-26(33-2)28(21)34-18-22-6-3-4-8-24(22)30/h3-16,31H,17-18H2,1-2H3. The Morgan fingerprint density at radius 3 is 2.51 bits per heavy atom. The van der Waals surface area contributed by atoms with E-state index >= 15 is 0 Å². The number of anilines is 1. The van der Waals surface area contributed by atoms with Crippen molar-refractivity contribution in [2.45, 2.75) is 20.1 Å². The second-order valence-corrected chi connectivity index (χ2v) is 9.28. The molecule has 0 bridgehead atoms. The molecule has 0 spiro atoms. The fourth-order valence-corrected chi connectivity index (χ4v) is 4.94. The number of rotatable bonds is 8. The zero-order chi connectivity index (χ0) is 24.2. The molecule has 0 saturated heterocycles. The van der Waals surface area contributed by atoms with Crippen LogP contribution in [0.3, 0.4) is 0 Å². The van der Waals surface area contributed by atoms with E-state index < -0.39 is 0 Å². The van der Waals surface area contributed by atoms with E-state index in [-0.39, 0.29) is 12.4 Å². The molecule has 35 heavy (non-hydrogen) atoms. The van der Waals surface area contributed by atoms with E-state index in [1.54, 1.807) is 36.6 Å². The van der Waals surface area contributed by atoms with Crippen molar-refractivity contribution < 1.29 is 13.9 Å². The number of methoxy groups -OCH3 is 1. The molecule has 4 nitrogen and oxygen atoms in total. The summed E-state index contributed by atoms with van der Waals surface area (Å²) >= 11 is 1.70. The fourth-order valence-electron chi connectivity index (χ4n) is 3.87. The topological polar surface area (TPSA) is 43.4 Å². The summed E-state index contributed by atoms with van der Waals surface area (Å²) in [5.74, 6) is 0.930. The molecule has 0 aliphatic heterocycles. The number of aryl methyl sites for hydroxylation is 1. The summed E-state index contributed by atoms with van der Waals surface area (Å²) < 4.78 is 26.8. The molecule has 1 aromatic heterocycles. The van der Waals surface area contributed by atoms with Gasteiger partial charge in [-0.25, -0.2) is 9.37 Å². The molecule has 1 N–H and O–H groups in total. The highest BCUT2D eigenvalue weighted by Crippen LogP contribution is 2.34. The maximum atomic E-state index is 14.1. The van der Waals surface area contributed by atoms with Gasteiger partial charge in [0.1, 0.15) is 17.4 Å². The van der Waals surface area contributed by atoms with Gasteiger partial charge >= 0.3 is 0 Å². The molecule has 0 amide bonds. The lowest BCUT2D eigenvalue weighted by atomic mass is 10.1. The van der Waals surface area contributed by atoms with Gasteiger partial charge in [-0.05, 0) is 61.0 Å². The third kappa shape index (κ3) is 5.12. The number of halogens is 1. The monoisotopic (exact) mass is 484 g/mol. The summed E-state index contributed by atoms with van der Waals surface area (Å²) in [4.78, 5) is 4.77. The lowest BCUT2D eigenvalue weighted by Crippen LogP contribution is -2.06. The molecule has 1 heterocycles. The van der Waals surface area contributed by atoms with Crippen LogP contribution in [-0.4, -0.2) is 12.1 Å². The van der Waals surface area contributed by atoms with Crippen LogP contribution in [0.25, 0.3) is 20.8 Å². The van der Waals surface area contributed by atoms with Gasteiger partial charge in [-0.15, -0.1) is 11.3 Å². The van der Waals surface area contributed by atoms with Gasteiger partial charge in [0.15, 0.2) is 11.5 Å². The maximum absolute atomic E-state index is 14.1. The van der Waals surface area contributed by atoms with Crippen molar-refractivity contribution in [2.24, 2.45) is 0 Å². The molecular formula is C29H25FN2O2S. The highest BCUT2D eigenvalue weighted by Gasteiger charge is 2.13. The lowest BCUT2D eigenvalue weighted by Gasteiger charge is -2.16. The number of nitrogens with one attached hydrogen (secondary N) is 1. The quantitative estimate of drug-likeness (QED) is 0.246.